The van der Waals surface area contributed by atoms with Crippen LogP contribution in [0.1, 0.15) is 13.8 Å². The molecule has 0 bridgehead atoms. The van der Waals surface area contributed by atoms with E-state index in [1.165, 1.54) is 6.92 Å². The molecular formula is C6H9F3. The maximum atomic E-state index is 11.6. The summed E-state index contributed by atoms with van der Waals surface area (Å²) >= 11 is 0. The maximum Gasteiger partial charge on any atom is 0.395 e. The first-order chi connectivity index (χ1) is 3.85. The van der Waals surface area contributed by atoms with Crippen molar-refractivity contribution in [2.24, 2.45) is 5.92 Å². The molecule has 54 valence electrons. The van der Waals surface area contributed by atoms with Crippen molar-refractivity contribution in [3.8, 4) is 0 Å². The van der Waals surface area contributed by atoms with Crippen LogP contribution in [0.25, 0.3) is 0 Å². The summed E-state index contributed by atoms with van der Waals surface area (Å²) in [5, 5.41) is 0. The zero-order chi connectivity index (χ0) is 7.65. The zero-order valence-corrected chi connectivity index (χ0v) is 5.42. The average molecular weight is 138 g/mol. The lowest BCUT2D eigenvalue weighted by Crippen LogP contribution is -2.19. The van der Waals surface area contributed by atoms with Gasteiger partial charge in [-0.05, 0) is 6.92 Å². The molecule has 0 unspecified atom stereocenters. The van der Waals surface area contributed by atoms with Gasteiger partial charge in [0.1, 0.15) is 0 Å². The van der Waals surface area contributed by atoms with Crippen LogP contribution in [0.3, 0.4) is 0 Å². The number of halogens is 3. The maximum absolute atomic E-state index is 11.6. The molecule has 0 spiro atoms. The molecule has 9 heavy (non-hydrogen) atoms. The van der Waals surface area contributed by atoms with Crippen LogP contribution in [0.15, 0.2) is 12.2 Å². The predicted octanol–water partition coefficient (Wildman–Crippen LogP) is 2.76. The van der Waals surface area contributed by atoms with Gasteiger partial charge in [0.2, 0.25) is 0 Å². The number of hydrogen-bond acceptors (Lipinski definition) is 0. The van der Waals surface area contributed by atoms with Gasteiger partial charge >= 0.3 is 6.18 Å². The smallest absolute Gasteiger partial charge is 0.170 e. The van der Waals surface area contributed by atoms with Crippen molar-refractivity contribution in [3.63, 3.8) is 0 Å². The molecule has 0 heterocycles. The van der Waals surface area contributed by atoms with Gasteiger partial charge in [-0.15, -0.1) is 0 Å². The molecule has 0 aromatic rings. The Labute approximate surface area is 52.4 Å². The second kappa shape index (κ2) is 2.42. The highest BCUT2D eigenvalue weighted by Gasteiger charge is 2.35. The molecule has 0 fully saturated rings. The van der Waals surface area contributed by atoms with Gasteiger partial charge in [0, 0.05) is 0 Å². The Balaban J connectivity index is 4.04. The fourth-order valence-corrected chi connectivity index (χ4v) is 0.279. The standard InChI is InChI=1S/C6H9F3/c1-4(2)5(3)6(7,8)9/h5H,1H2,2-3H3/t5-/m1/s1. The minimum absolute atomic E-state index is 0.155. The normalized spacial score (nSPS) is 15.2. The molecule has 0 rings (SSSR count). The van der Waals surface area contributed by atoms with Crippen LogP contribution in [0.4, 0.5) is 13.2 Å². The molecule has 0 saturated carbocycles. The first kappa shape index (κ1) is 8.53. The molecule has 0 saturated heterocycles. The summed E-state index contributed by atoms with van der Waals surface area (Å²) in [7, 11) is 0. The van der Waals surface area contributed by atoms with Gasteiger partial charge in [0.15, 0.2) is 0 Å². The van der Waals surface area contributed by atoms with E-state index < -0.39 is 12.1 Å². The quantitative estimate of drug-likeness (QED) is 0.489. The summed E-state index contributed by atoms with van der Waals surface area (Å²) in [6.45, 7) is 5.67. The van der Waals surface area contributed by atoms with Crippen LogP contribution in [-0.4, -0.2) is 6.18 Å². The predicted molar refractivity (Wildman–Crippen MR) is 30.0 cm³/mol. The van der Waals surface area contributed by atoms with E-state index >= 15 is 0 Å². The second-order valence-electron chi connectivity index (χ2n) is 2.11. The number of hydrogen-bond donors (Lipinski definition) is 0. The van der Waals surface area contributed by atoms with Crippen LogP contribution >= 0.6 is 0 Å². The van der Waals surface area contributed by atoms with Crippen LogP contribution in [0, 0.1) is 5.92 Å². The van der Waals surface area contributed by atoms with Crippen molar-refractivity contribution in [1.29, 1.82) is 0 Å². The third kappa shape index (κ3) is 2.54. The number of rotatable bonds is 1. The van der Waals surface area contributed by atoms with Gasteiger partial charge in [-0.1, -0.05) is 19.1 Å². The summed E-state index contributed by atoms with van der Waals surface area (Å²) in [6.07, 6.45) is -4.12. The van der Waals surface area contributed by atoms with Gasteiger partial charge in [-0.25, -0.2) is 0 Å². The van der Waals surface area contributed by atoms with E-state index in [-0.39, 0.29) is 5.57 Å². The topological polar surface area (TPSA) is 0 Å². The highest BCUT2D eigenvalue weighted by molar-refractivity contribution is 4.97. The van der Waals surface area contributed by atoms with Crippen molar-refractivity contribution in [2.45, 2.75) is 20.0 Å². The molecular weight excluding hydrogens is 129 g/mol. The van der Waals surface area contributed by atoms with Crippen molar-refractivity contribution >= 4 is 0 Å². The highest BCUT2D eigenvalue weighted by Crippen LogP contribution is 2.29. The molecule has 0 aromatic carbocycles. The largest absolute Gasteiger partial charge is 0.395 e. The van der Waals surface area contributed by atoms with Gasteiger partial charge in [-0.3, -0.25) is 0 Å². The first-order valence-electron chi connectivity index (χ1n) is 2.58. The minimum atomic E-state index is -4.12. The fraction of sp³-hybridized carbons (Fsp3) is 0.667. The fourth-order valence-electron chi connectivity index (χ4n) is 0.279. The molecule has 0 nitrogen and oxygen atoms in total. The van der Waals surface area contributed by atoms with E-state index in [2.05, 4.69) is 6.58 Å². The Bertz CT molecular complexity index is 112. The summed E-state index contributed by atoms with van der Waals surface area (Å²) in [6, 6.07) is 0. The Kier molecular flexibility index (Phi) is 2.29. The summed E-state index contributed by atoms with van der Waals surface area (Å²) in [5.74, 6) is -1.38. The monoisotopic (exact) mass is 138 g/mol. The number of allylic oxidation sites excluding steroid dienone is 1. The van der Waals surface area contributed by atoms with Crippen LogP contribution in [0.2, 0.25) is 0 Å². The lowest BCUT2D eigenvalue weighted by molar-refractivity contribution is -0.159. The van der Waals surface area contributed by atoms with E-state index in [4.69, 9.17) is 0 Å². The van der Waals surface area contributed by atoms with E-state index in [0.29, 0.717) is 0 Å². The van der Waals surface area contributed by atoms with E-state index in [1.807, 2.05) is 0 Å². The Morgan fingerprint density at radius 1 is 1.44 bits per heavy atom. The summed E-state index contributed by atoms with van der Waals surface area (Å²) in [5.41, 5.74) is 0.155. The third-order valence-electron chi connectivity index (χ3n) is 1.23. The SMILES string of the molecule is C=C(C)[C@@H](C)C(F)(F)F. The molecule has 0 aliphatic rings. The van der Waals surface area contributed by atoms with Crippen molar-refractivity contribution < 1.29 is 13.2 Å². The first-order valence-corrected chi connectivity index (χ1v) is 2.58. The minimum Gasteiger partial charge on any atom is -0.170 e. The lowest BCUT2D eigenvalue weighted by atomic mass is 10.1. The zero-order valence-electron chi connectivity index (χ0n) is 5.42. The highest BCUT2D eigenvalue weighted by atomic mass is 19.4. The summed E-state index contributed by atoms with van der Waals surface area (Å²) in [4.78, 5) is 0. The molecule has 0 N–H and O–H groups in total. The molecule has 0 amide bonds. The Morgan fingerprint density at radius 2 is 1.78 bits per heavy atom. The van der Waals surface area contributed by atoms with Gasteiger partial charge in [0.25, 0.3) is 0 Å². The van der Waals surface area contributed by atoms with Crippen molar-refractivity contribution in [1.82, 2.24) is 0 Å². The van der Waals surface area contributed by atoms with Crippen LogP contribution in [-0.2, 0) is 0 Å². The average Bonchev–Trinajstić information content (AvgIpc) is 1.62. The van der Waals surface area contributed by atoms with Gasteiger partial charge in [-0.2, -0.15) is 13.2 Å². The van der Waals surface area contributed by atoms with Crippen LogP contribution < -0.4 is 0 Å². The van der Waals surface area contributed by atoms with Crippen molar-refractivity contribution in [3.05, 3.63) is 12.2 Å². The van der Waals surface area contributed by atoms with Gasteiger partial charge < -0.3 is 0 Å². The molecule has 0 aromatic heterocycles. The molecule has 0 aliphatic heterocycles. The molecule has 0 radical (unpaired) electrons. The Morgan fingerprint density at radius 3 is 1.78 bits per heavy atom. The number of alkyl halides is 3. The molecule has 0 aliphatic carbocycles. The molecule has 1 atom stereocenters. The van der Waals surface area contributed by atoms with Crippen LogP contribution in [0.5, 0.6) is 0 Å². The van der Waals surface area contributed by atoms with Crippen molar-refractivity contribution in [2.75, 3.05) is 0 Å². The molecule has 3 heteroatoms. The second-order valence-corrected chi connectivity index (χ2v) is 2.11. The Hall–Kier alpha value is -0.470. The van der Waals surface area contributed by atoms with Gasteiger partial charge in [0.05, 0.1) is 5.92 Å². The third-order valence-corrected chi connectivity index (χ3v) is 1.23. The summed E-state index contributed by atoms with van der Waals surface area (Å²) < 4.78 is 34.9. The van der Waals surface area contributed by atoms with E-state index in [0.717, 1.165) is 6.92 Å². The lowest BCUT2D eigenvalue weighted by Gasteiger charge is -2.14. The van der Waals surface area contributed by atoms with E-state index in [9.17, 15) is 13.2 Å². The van der Waals surface area contributed by atoms with E-state index in [1.54, 1.807) is 0 Å².